The third-order valence-corrected chi connectivity index (χ3v) is 2.30. The van der Waals surface area contributed by atoms with Crippen molar-refractivity contribution in [3.8, 4) is 0 Å². The normalized spacial score (nSPS) is 10.2. The van der Waals surface area contributed by atoms with Gasteiger partial charge in [0.05, 0.1) is 11.9 Å². The third kappa shape index (κ3) is 1.81. The van der Waals surface area contributed by atoms with Crippen LogP contribution in [0.25, 0.3) is 0 Å². The van der Waals surface area contributed by atoms with E-state index in [0.29, 0.717) is 15.9 Å². The molecule has 2 N–H and O–H groups in total. The molecule has 2 rings (SSSR count). The molecule has 2 aromatic heterocycles. The minimum atomic E-state index is 0.547. The van der Waals surface area contributed by atoms with Gasteiger partial charge in [-0.05, 0) is 23.9 Å². The van der Waals surface area contributed by atoms with E-state index in [1.807, 2.05) is 0 Å². The van der Waals surface area contributed by atoms with Crippen LogP contribution in [0.1, 0.15) is 0 Å². The van der Waals surface area contributed by atoms with Crippen LogP contribution in [0, 0.1) is 0 Å². The highest BCUT2D eigenvalue weighted by Crippen LogP contribution is 2.27. The molecule has 5 heteroatoms. The monoisotopic (exact) mass is 193 g/mol. The van der Waals surface area contributed by atoms with Gasteiger partial charge in [-0.3, -0.25) is 0 Å². The van der Waals surface area contributed by atoms with Gasteiger partial charge in [0.1, 0.15) is 11.3 Å². The number of oxazole rings is 1. The smallest absolute Gasteiger partial charge is 0.262 e. The van der Waals surface area contributed by atoms with E-state index in [-0.39, 0.29) is 0 Å². The first-order valence-corrected chi connectivity index (χ1v) is 4.46. The standard InChI is InChI=1S/C8H7N3OS/c9-6-2-1-3-10-7(6)13-8-11-4-5-12-8/h1-5H,9H2. The first-order valence-electron chi connectivity index (χ1n) is 3.64. The molecule has 0 spiro atoms. The summed E-state index contributed by atoms with van der Waals surface area (Å²) in [4.78, 5) is 8.04. The Morgan fingerprint density at radius 3 is 2.92 bits per heavy atom. The number of nitrogen functional groups attached to an aromatic ring is 1. The fourth-order valence-electron chi connectivity index (χ4n) is 0.832. The summed E-state index contributed by atoms with van der Waals surface area (Å²) in [5.74, 6) is 0. The van der Waals surface area contributed by atoms with Crippen LogP contribution in [0.3, 0.4) is 0 Å². The zero-order valence-electron chi connectivity index (χ0n) is 6.68. The zero-order valence-corrected chi connectivity index (χ0v) is 7.49. The molecule has 2 aromatic rings. The van der Waals surface area contributed by atoms with Gasteiger partial charge in [-0.1, -0.05) is 0 Å². The molecule has 0 unspecified atom stereocenters. The Morgan fingerprint density at radius 2 is 2.23 bits per heavy atom. The van der Waals surface area contributed by atoms with Crippen molar-refractivity contribution in [2.24, 2.45) is 0 Å². The summed E-state index contributed by atoms with van der Waals surface area (Å²) in [5.41, 5.74) is 6.31. The number of nitrogens with zero attached hydrogens (tertiary/aromatic N) is 2. The van der Waals surface area contributed by atoms with Gasteiger partial charge in [-0.15, -0.1) is 0 Å². The van der Waals surface area contributed by atoms with Gasteiger partial charge in [0, 0.05) is 6.20 Å². The first kappa shape index (κ1) is 8.12. The minimum Gasteiger partial charge on any atom is -0.440 e. The third-order valence-electron chi connectivity index (χ3n) is 1.39. The number of anilines is 1. The van der Waals surface area contributed by atoms with Crippen molar-refractivity contribution in [1.29, 1.82) is 0 Å². The van der Waals surface area contributed by atoms with Crippen LogP contribution in [0.4, 0.5) is 5.69 Å². The highest BCUT2D eigenvalue weighted by molar-refractivity contribution is 7.99. The molecule has 0 saturated carbocycles. The van der Waals surface area contributed by atoms with Gasteiger partial charge in [-0.25, -0.2) is 9.97 Å². The predicted octanol–water partition coefficient (Wildman–Crippen LogP) is 1.80. The molecule has 0 radical (unpaired) electrons. The quantitative estimate of drug-likeness (QED) is 0.787. The summed E-state index contributed by atoms with van der Waals surface area (Å²) in [5, 5.41) is 1.26. The SMILES string of the molecule is Nc1cccnc1Sc1ncco1. The average Bonchev–Trinajstić information content (AvgIpc) is 2.61. The summed E-state index contributed by atoms with van der Waals surface area (Å²) in [6.07, 6.45) is 4.78. The Hall–Kier alpha value is -1.49. The van der Waals surface area contributed by atoms with Crippen LogP contribution in [0.2, 0.25) is 0 Å². The summed E-state index contributed by atoms with van der Waals surface area (Å²) in [7, 11) is 0. The van der Waals surface area contributed by atoms with Crippen molar-refractivity contribution in [3.05, 3.63) is 30.8 Å². The highest BCUT2D eigenvalue weighted by atomic mass is 32.2. The van der Waals surface area contributed by atoms with Crippen LogP contribution < -0.4 is 5.73 Å². The van der Waals surface area contributed by atoms with E-state index in [2.05, 4.69) is 9.97 Å². The van der Waals surface area contributed by atoms with Gasteiger partial charge in [0.15, 0.2) is 0 Å². The van der Waals surface area contributed by atoms with Crippen molar-refractivity contribution in [2.45, 2.75) is 10.2 Å². The van der Waals surface area contributed by atoms with Crippen LogP contribution in [0.15, 0.2) is 45.5 Å². The molecular formula is C8H7N3OS. The summed E-state index contributed by atoms with van der Waals surface area (Å²) in [6, 6.07) is 3.58. The zero-order chi connectivity index (χ0) is 9.10. The van der Waals surface area contributed by atoms with E-state index in [1.165, 1.54) is 18.0 Å². The summed E-state index contributed by atoms with van der Waals surface area (Å²) in [6.45, 7) is 0. The summed E-state index contributed by atoms with van der Waals surface area (Å²) >= 11 is 1.31. The van der Waals surface area contributed by atoms with Crippen LogP contribution in [0.5, 0.6) is 0 Å². The Labute approximate surface area is 79.2 Å². The Bertz CT molecular complexity index is 388. The lowest BCUT2D eigenvalue weighted by molar-refractivity contribution is 0.454. The fraction of sp³-hybridized carbons (Fsp3) is 0. The molecule has 0 bridgehead atoms. The van der Waals surface area contributed by atoms with Gasteiger partial charge >= 0.3 is 0 Å². The maximum atomic E-state index is 5.68. The van der Waals surface area contributed by atoms with E-state index in [0.717, 1.165) is 0 Å². The number of aromatic nitrogens is 2. The van der Waals surface area contributed by atoms with Crippen LogP contribution >= 0.6 is 11.8 Å². The largest absolute Gasteiger partial charge is 0.440 e. The molecule has 0 atom stereocenters. The molecule has 4 nitrogen and oxygen atoms in total. The molecule has 0 aliphatic rings. The molecular weight excluding hydrogens is 186 g/mol. The maximum absolute atomic E-state index is 5.68. The lowest BCUT2D eigenvalue weighted by Crippen LogP contribution is -1.90. The van der Waals surface area contributed by atoms with E-state index in [4.69, 9.17) is 10.2 Å². The number of nitrogens with two attached hydrogens (primary N) is 1. The van der Waals surface area contributed by atoms with Crippen molar-refractivity contribution in [1.82, 2.24) is 9.97 Å². The number of hydrogen-bond acceptors (Lipinski definition) is 5. The second kappa shape index (κ2) is 3.49. The minimum absolute atomic E-state index is 0.547. The number of pyridine rings is 1. The molecule has 0 aliphatic heterocycles. The Kier molecular flexibility index (Phi) is 2.18. The molecule has 0 fully saturated rings. The molecule has 0 aromatic carbocycles. The van der Waals surface area contributed by atoms with Crippen molar-refractivity contribution >= 4 is 17.4 Å². The fourth-order valence-corrected chi connectivity index (χ4v) is 1.51. The average molecular weight is 193 g/mol. The van der Waals surface area contributed by atoms with E-state index < -0.39 is 0 Å². The van der Waals surface area contributed by atoms with Crippen molar-refractivity contribution in [2.75, 3.05) is 5.73 Å². The van der Waals surface area contributed by atoms with Gasteiger partial charge in [-0.2, -0.15) is 0 Å². The van der Waals surface area contributed by atoms with Gasteiger partial charge < -0.3 is 10.2 Å². The van der Waals surface area contributed by atoms with E-state index in [1.54, 1.807) is 24.5 Å². The predicted molar refractivity (Wildman–Crippen MR) is 49.3 cm³/mol. The Balaban J connectivity index is 2.24. The van der Waals surface area contributed by atoms with E-state index >= 15 is 0 Å². The molecule has 0 amide bonds. The molecule has 13 heavy (non-hydrogen) atoms. The lowest BCUT2D eigenvalue weighted by Gasteiger charge is -1.98. The number of rotatable bonds is 2. The van der Waals surface area contributed by atoms with Crippen molar-refractivity contribution < 1.29 is 4.42 Å². The van der Waals surface area contributed by atoms with Crippen molar-refractivity contribution in [3.63, 3.8) is 0 Å². The second-order valence-corrected chi connectivity index (χ2v) is 3.24. The van der Waals surface area contributed by atoms with Crippen LogP contribution in [-0.2, 0) is 0 Å². The lowest BCUT2D eigenvalue weighted by atomic mass is 10.4. The topological polar surface area (TPSA) is 64.9 Å². The molecule has 0 aliphatic carbocycles. The second-order valence-electron chi connectivity index (χ2n) is 2.30. The Morgan fingerprint density at radius 1 is 1.31 bits per heavy atom. The molecule has 66 valence electrons. The van der Waals surface area contributed by atoms with E-state index in [9.17, 15) is 0 Å². The molecule has 0 saturated heterocycles. The molecule has 2 heterocycles. The maximum Gasteiger partial charge on any atom is 0.262 e. The first-order chi connectivity index (χ1) is 6.36. The number of hydrogen-bond donors (Lipinski definition) is 1. The highest BCUT2D eigenvalue weighted by Gasteiger charge is 2.05. The summed E-state index contributed by atoms with van der Waals surface area (Å²) < 4.78 is 5.05. The van der Waals surface area contributed by atoms with Gasteiger partial charge in [0.25, 0.3) is 5.22 Å². The van der Waals surface area contributed by atoms with Crippen LogP contribution in [-0.4, -0.2) is 9.97 Å². The van der Waals surface area contributed by atoms with Gasteiger partial charge in [0.2, 0.25) is 0 Å².